The number of ether oxygens (including phenoxy) is 3. The van der Waals surface area contributed by atoms with Gasteiger partial charge in [0.1, 0.15) is 17.2 Å². The molecule has 1 aromatic heterocycles. The van der Waals surface area contributed by atoms with Gasteiger partial charge in [-0.1, -0.05) is 23.7 Å². The number of methoxy groups -OCH3 is 2. The molecule has 1 heterocycles. The van der Waals surface area contributed by atoms with E-state index in [0.717, 1.165) is 22.2 Å². The Bertz CT molecular complexity index is 1640. The lowest BCUT2D eigenvalue weighted by atomic mass is 10.1. The minimum absolute atomic E-state index is 0.0946. The first-order valence-corrected chi connectivity index (χ1v) is 11.7. The molecule has 8 nitrogen and oxygen atoms in total. The van der Waals surface area contributed by atoms with Gasteiger partial charge in [-0.05, 0) is 60.2 Å². The van der Waals surface area contributed by atoms with Crippen LogP contribution >= 0.6 is 11.6 Å². The van der Waals surface area contributed by atoms with Crippen molar-refractivity contribution in [2.24, 2.45) is 0 Å². The molecule has 5 rings (SSSR count). The summed E-state index contributed by atoms with van der Waals surface area (Å²) in [6.45, 7) is 0.503. The molecule has 0 unspecified atom stereocenters. The molecule has 5 aromatic rings. The monoisotopic (exact) mass is 516 g/mol. The van der Waals surface area contributed by atoms with Crippen molar-refractivity contribution in [1.82, 2.24) is 4.57 Å². The van der Waals surface area contributed by atoms with Crippen molar-refractivity contribution in [3.63, 3.8) is 0 Å². The van der Waals surface area contributed by atoms with E-state index in [1.54, 1.807) is 32.4 Å². The summed E-state index contributed by atoms with van der Waals surface area (Å²) >= 11 is 6.37. The van der Waals surface area contributed by atoms with Crippen LogP contribution in [-0.4, -0.2) is 29.7 Å². The molecule has 0 saturated carbocycles. The molecular formula is C28H21ClN2O6. The van der Waals surface area contributed by atoms with Crippen LogP contribution in [0.4, 0.5) is 5.69 Å². The molecule has 0 atom stereocenters. The zero-order valence-corrected chi connectivity index (χ0v) is 20.7. The number of nitro groups is 1. The third-order valence-electron chi connectivity index (χ3n) is 6.13. The summed E-state index contributed by atoms with van der Waals surface area (Å²) in [5.74, 6) is 0.930. The van der Waals surface area contributed by atoms with Crippen molar-refractivity contribution in [2.45, 2.75) is 6.54 Å². The highest BCUT2D eigenvalue weighted by Crippen LogP contribution is 2.39. The van der Waals surface area contributed by atoms with E-state index >= 15 is 0 Å². The molecule has 37 heavy (non-hydrogen) atoms. The number of halogens is 1. The molecule has 0 fully saturated rings. The number of non-ortho nitro benzene ring substituents is 1. The lowest BCUT2D eigenvalue weighted by Crippen LogP contribution is -2.09. The Balaban J connectivity index is 1.66. The van der Waals surface area contributed by atoms with E-state index in [4.69, 9.17) is 25.8 Å². The third kappa shape index (κ3) is 4.54. The zero-order chi connectivity index (χ0) is 26.1. The quantitative estimate of drug-likeness (QED) is 0.104. The molecule has 0 N–H and O–H groups in total. The van der Waals surface area contributed by atoms with E-state index in [2.05, 4.69) is 4.57 Å². The van der Waals surface area contributed by atoms with E-state index in [0.29, 0.717) is 33.8 Å². The van der Waals surface area contributed by atoms with Gasteiger partial charge >= 0.3 is 5.97 Å². The molecule has 186 valence electrons. The van der Waals surface area contributed by atoms with Gasteiger partial charge in [0.2, 0.25) is 0 Å². The van der Waals surface area contributed by atoms with Crippen LogP contribution < -0.4 is 14.2 Å². The summed E-state index contributed by atoms with van der Waals surface area (Å²) < 4.78 is 18.6. The molecule has 0 radical (unpaired) electrons. The highest BCUT2D eigenvalue weighted by Gasteiger charge is 2.23. The fraction of sp³-hybridized carbons (Fsp3) is 0.107. The molecule has 9 heteroatoms. The number of rotatable bonds is 7. The molecular weight excluding hydrogens is 496 g/mol. The summed E-state index contributed by atoms with van der Waals surface area (Å²) in [4.78, 5) is 23.8. The van der Waals surface area contributed by atoms with Crippen molar-refractivity contribution in [1.29, 1.82) is 0 Å². The number of esters is 1. The van der Waals surface area contributed by atoms with Gasteiger partial charge < -0.3 is 18.8 Å². The number of carbonyl (C=O) groups is 1. The van der Waals surface area contributed by atoms with Gasteiger partial charge in [0, 0.05) is 40.0 Å². The molecule has 0 aliphatic heterocycles. The topological polar surface area (TPSA) is 92.8 Å². The molecule has 0 aliphatic carbocycles. The van der Waals surface area contributed by atoms with Gasteiger partial charge in [-0.15, -0.1) is 0 Å². The van der Waals surface area contributed by atoms with Crippen LogP contribution in [0.2, 0.25) is 5.02 Å². The van der Waals surface area contributed by atoms with Gasteiger partial charge in [0.25, 0.3) is 5.69 Å². The van der Waals surface area contributed by atoms with E-state index in [1.165, 1.54) is 24.3 Å². The fourth-order valence-corrected chi connectivity index (χ4v) is 4.56. The predicted octanol–water partition coefficient (Wildman–Crippen LogP) is 6.64. The van der Waals surface area contributed by atoms with Crippen LogP contribution in [-0.2, 0) is 6.54 Å². The normalized spacial score (nSPS) is 11.0. The Hall–Kier alpha value is -4.56. The van der Waals surface area contributed by atoms with Gasteiger partial charge in [-0.2, -0.15) is 0 Å². The Morgan fingerprint density at radius 2 is 1.62 bits per heavy atom. The average Bonchev–Trinajstić information content (AvgIpc) is 3.22. The maximum absolute atomic E-state index is 13.4. The van der Waals surface area contributed by atoms with Crippen molar-refractivity contribution < 1.29 is 23.9 Å². The molecule has 0 amide bonds. The van der Waals surface area contributed by atoms with Crippen molar-refractivity contribution in [2.75, 3.05) is 14.2 Å². The number of hydrogen-bond acceptors (Lipinski definition) is 6. The summed E-state index contributed by atoms with van der Waals surface area (Å²) in [6, 6.07) is 22.0. The Morgan fingerprint density at radius 1 is 0.919 bits per heavy atom. The number of carbonyl (C=O) groups excluding carboxylic acids is 1. The van der Waals surface area contributed by atoms with Gasteiger partial charge in [0.05, 0.1) is 30.2 Å². The SMILES string of the molecule is COc1ccc(Cn2c3ccc(Cl)cc3c3c(C(=O)Oc4ccc([N+](=O)[O-])cc4)ccc(OC)c32)cc1. The number of hydrogen-bond donors (Lipinski definition) is 0. The van der Waals surface area contributed by atoms with Crippen LogP contribution in [0.3, 0.4) is 0 Å². The molecule has 4 aromatic carbocycles. The van der Waals surface area contributed by atoms with Crippen LogP contribution in [0, 0.1) is 10.1 Å². The maximum atomic E-state index is 13.4. The fourth-order valence-electron chi connectivity index (χ4n) is 4.39. The number of aromatic nitrogens is 1. The molecule has 0 saturated heterocycles. The third-order valence-corrected chi connectivity index (χ3v) is 6.36. The molecule has 0 aliphatic rings. The largest absolute Gasteiger partial charge is 0.497 e. The van der Waals surface area contributed by atoms with Crippen LogP contribution in [0.15, 0.2) is 78.9 Å². The number of nitro benzene ring substituents is 1. The van der Waals surface area contributed by atoms with Gasteiger partial charge in [-0.3, -0.25) is 10.1 Å². The predicted molar refractivity (Wildman–Crippen MR) is 141 cm³/mol. The second-order valence-corrected chi connectivity index (χ2v) is 8.71. The van der Waals surface area contributed by atoms with E-state index in [9.17, 15) is 14.9 Å². The summed E-state index contributed by atoms with van der Waals surface area (Å²) in [5.41, 5.74) is 2.83. The first-order chi connectivity index (χ1) is 17.9. The van der Waals surface area contributed by atoms with E-state index in [-0.39, 0.29) is 11.4 Å². The second-order valence-electron chi connectivity index (χ2n) is 8.28. The number of fused-ring (bicyclic) bond motifs is 3. The lowest BCUT2D eigenvalue weighted by molar-refractivity contribution is -0.384. The van der Waals surface area contributed by atoms with Crippen molar-refractivity contribution in [3.8, 4) is 17.2 Å². The number of nitrogens with zero attached hydrogens (tertiary/aromatic N) is 2. The summed E-state index contributed by atoms with van der Waals surface area (Å²) in [5, 5.41) is 12.9. The maximum Gasteiger partial charge on any atom is 0.344 e. The first kappa shape index (κ1) is 24.1. The van der Waals surface area contributed by atoms with Crippen LogP contribution in [0.25, 0.3) is 21.8 Å². The zero-order valence-electron chi connectivity index (χ0n) is 19.9. The Labute approximate surface area is 216 Å². The Kier molecular flexibility index (Phi) is 6.42. The van der Waals surface area contributed by atoms with Gasteiger partial charge in [0.15, 0.2) is 0 Å². The first-order valence-electron chi connectivity index (χ1n) is 11.3. The number of benzene rings is 4. The highest BCUT2D eigenvalue weighted by molar-refractivity contribution is 6.32. The standard InChI is InChI=1S/C28H21ClN2O6/c1-35-20-8-3-17(4-9-20)16-30-24-13-5-18(29)15-23(24)26-22(12-14-25(36-2)27(26)30)28(32)37-21-10-6-19(7-11-21)31(33)34/h3-15H,16H2,1-2H3. The van der Waals surface area contributed by atoms with Crippen molar-refractivity contribution >= 4 is 45.1 Å². The smallest absolute Gasteiger partial charge is 0.344 e. The highest BCUT2D eigenvalue weighted by atomic mass is 35.5. The van der Waals surface area contributed by atoms with Crippen molar-refractivity contribution in [3.05, 3.63) is 105 Å². The average molecular weight is 517 g/mol. The molecule has 0 spiro atoms. The summed E-state index contributed by atoms with van der Waals surface area (Å²) in [7, 11) is 3.19. The minimum atomic E-state index is -0.607. The lowest BCUT2D eigenvalue weighted by Gasteiger charge is -2.12. The summed E-state index contributed by atoms with van der Waals surface area (Å²) in [6.07, 6.45) is 0. The second kappa shape index (κ2) is 9.83. The van der Waals surface area contributed by atoms with Crippen LogP contribution in [0.5, 0.6) is 17.2 Å². The van der Waals surface area contributed by atoms with Crippen LogP contribution in [0.1, 0.15) is 15.9 Å². The van der Waals surface area contributed by atoms with E-state index < -0.39 is 10.9 Å². The van der Waals surface area contributed by atoms with Gasteiger partial charge in [-0.25, -0.2) is 4.79 Å². The van der Waals surface area contributed by atoms with E-state index in [1.807, 2.05) is 36.4 Å². The Morgan fingerprint density at radius 3 is 2.27 bits per heavy atom. The molecule has 0 bridgehead atoms. The minimum Gasteiger partial charge on any atom is -0.497 e.